The topological polar surface area (TPSA) is 66.4 Å². The van der Waals surface area contributed by atoms with Gasteiger partial charge in [0.1, 0.15) is 6.04 Å². The summed E-state index contributed by atoms with van der Waals surface area (Å²) >= 11 is 1.58. The molecule has 1 amide bonds. The quantitative estimate of drug-likeness (QED) is 0.279. The van der Waals surface area contributed by atoms with E-state index in [0.29, 0.717) is 23.7 Å². The molecule has 4 nitrogen and oxygen atoms in total. The maximum absolute atomic E-state index is 13.5. The summed E-state index contributed by atoms with van der Waals surface area (Å²) in [6.45, 7) is 9.14. The van der Waals surface area contributed by atoms with Gasteiger partial charge in [0.2, 0.25) is 0 Å². The van der Waals surface area contributed by atoms with Crippen molar-refractivity contribution in [1.29, 1.82) is 0 Å². The summed E-state index contributed by atoms with van der Waals surface area (Å²) in [5.41, 5.74) is 4.93. The van der Waals surface area contributed by atoms with Crippen LogP contribution >= 0.6 is 11.8 Å². The van der Waals surface area contributed by atoms with Crippen molar-refractivity contribution in [2.45, 2.75) is 104 Å². The molecule has 216 valence electrons. The number of carboxylic acids is 1. The number of carbonyl (C=O) groups excluding carboxylic acids is 1. The molecule has 1 fully saturated rings. The molecule has 6 heteroatoms. The molecule has 1 saturated carbocycles. The summed E-state index contributed by atoms with van der Waals surface area (Å²) in [6, 6.07) is 13.5. The first kappa shape index (κ1) is 34.5. The van der Waals surface area contributed by atoms with Crippen molar-refractivity contribution < 1.29 is 35.0 Å². The Bertz CT molecular complexity index is 1100. The zero-order valence-corrected chi connectivity index (χ0v) is 26.5. The summed E-state index contributed by atoms with van der Waals surface area (Å²) in [5.74, 6) is 0.637. The predicted octanol–water partition coefficient (Wildman–Crippen LogP) is 5.99. The molecule has 2 aromatic rings. The zero-order valence-electron chi connectivity index (χ0n) is 26.7. The molecule has 0 heterocycles. The van der Waals surface area contributed by atoms with Crippen molar-refractivity contribution in [2.75, 3.05) is 12.0 Å². The van der Waals surface area contributed by atoms with Crippen molar-refractivity contribution in [3.8, 4) is 11.1 Å². The number of aliphatic carboxylic acids is 1. The van der Waals surface area contributed by atoms with E-state index in [4.69, 9.17) is 0 Å². The van der Waals surface area contributed by atoms with E-state index in [0.717, 1.165) is 29.0 Å². The molecule has 2 atom stereocenters. The molecular weight excluding hydrogens is 509 g/mol. The molecule has 1 aliphatic rings. The zero-order chi connectivity index (χ0) is 28.4. The van der Waals surface area contributed by atoms with Gasteiger partial charge in [0.15, 0.2) is 0 Å². The minimum atomic E-state index is -0.993. The third-order valence-corrected chi connectivity index (χ3v) is 9.49. The van der Waals surface area contributed by atoms with E-state index in [2.05, 4.69) is 57.3 Å². The van der Waals surface area contributed by atoms with E-state index in [1.165, 1.54) is 56.9 Å². The molecule has 0 saturated heterocycles. The summed E-state index contributed by atoms with van der Waals surface area (Å²) < 4.78 is 0. The molecule has 2 N–H and O–H groups in total. The average Bonchev–Trinajstić information content (AvgIpc) is 2.91. The van der Waals surface area contributed by atoms with Crippen LogP contribution in [-0.2, 0) is 4.79 Å². The van der Waals surface area contributed by atoms with Crippen molar-refractivity contribution in [1.82, 2.24) is 5.32 Å². The van der Waals surface area contributed by atoms with Gasteiger partial charge in [0.05, 0.1) is 0 Å². The first-order chi connectivity index (χ1) is 18.7. The SMILES string of the molecule is CCC(c1ccc(C(=O)N[C@@H](CCSC)C(=O)O)c(-c2ccccc2C)c1)C(C)(C)CCCC1CCCCC1.[H-].[Li+]. The molecule has 40 heavy (non-hydrogen) atoms. The largest absolute Gasteiger partial charge is 1.00 e. The molecule has 2 aromatic carbocycles. The van der Waals surface area contributed by atoms with Crippen LogP contribution in [0.3, 0.4) is 0 Å². The maximum Gasteiger partial charge on any atom is 1.00 e. The van der Waals surface area contributed by atoms with Crippen molar-refractivity contribution in [2.24, 2.45) is 11.3 Å². The van der Waals surface area contributed by atoms with E-state index in [-0.39, 0.29) is 31.6 Å². The number of thioether (sulfide) groups is 1. The van der Waals surface area contributed by atoms with E-state index < -0.39 is 12.0 Å². The predicted molar refractivity (Wildman–Crippen MR) is 167 cm³/mol. The van der Waals surface area contributed by atoms with E-state index in [1.54, 1.807) is 11.8 Å². The number of carboxylic acid groups (broad SMARTS) is 1. The van der Waals surface area contributed by atoms with Crippen LogP contribution in [0.4, 0.5) is 0 Å². The molecule has 0 aromatic heterocycles. The van der Waals surface area contributed by atoms with Crippen LogP contribution in [0.1, 0.15) is 114 Å². The molecular formula is C34H50LiNO3S. The van der Waals surface area contributed by atoms with E-state index in [9.17, 15) is 14.7 Å². The third kappa shape index (κ3) is 9.43. The van der Waals surface area contributed by atoms with Crippen molar-refractivity contribution in [3.63, 3.8) is 0 Å². The van der Waals surface area contributed by atoms with E-state index in [1.807, 2.05) is 24.5 Å². The van der Waals surface area contributed by atoms with Gasteiger partial charge in [0.25, 0.3) is 5.91 Å². The van der Waals surface area contributed by atoms with Crippen LogP contribution in [0.15, 0.2) is 42.5 Å². The van der Waals surface area contributed by atoms with Crippen LogP contribution in [-0.4, -0.2) is 35.0 Å². The average molecular weight is 560 g/mol. The van der Waals surface area contributed by atoms with Crippen LogP contribution in [0.2, 0.25) is 0 Å². The van der Waals surface area contributed by atoms with Crippen LogP contribution < -0.4 is 24.2 Å². The standard InChI is InChI=1S/C34H49NO3S.Li.H/c1-6-30(34(3,4)21-12-16-25-14-8-7-9-15-25)26-18-19-28(29(23-26)27-17-11-10-13-24(27)2)32(36)35-31(33(37)38)20-22-39-5;;/h10-11,13,17-19,23,25,30-31H,6-9,12,14-16,20-22H2,1-5H3,(H,35,36)(H,37,38);;/q;+1;-1/t30?,31-;;/m0../s1. The summed E-state index contributed by atoms with van der Waals surface area (Å²) in [6.07, 6.45) is 14.2. The Morgan fingerprint density at radius 1 is 1.10 bits per heavy atom. The van der Waals surface area contributed by atoms with Gasteiger partial charge in [-0.15, -0.1) is 0 Å². The first-order valence-electron chi connectivity index (χ1n) is 14.9. The molecule has 0 spiro atoms. The fourth-order valence-corrected chi connectivity index (χ4v) is 7.01. The Morgan fingerprint density at radius 3 is 2.42 bits per heavy atom. The Morgan fingerprint density at radius 2 is 1.80 bits per heavy atom. The number of nitrogens with one attached hydrogen (secondary N) is 1. The third-order valence-electron chi connectivity index (χ3n) is 8.85. The fourth-order valence-electron chi connectivity index (χ4n) is 6.54. The summed E-state index contributed by atoms with van der Waals surface area (Å²) in [4.78, 5) is 25.3. The second kappa shape index (κ2) is 16.7. The summed E-state index contributed by atoms with van der Waals surface area (Å²) in [7, 11) is 0. The van der Waals surface area contributed by atoms with Gasteiger partial charge >= 0.3 is 24.8 Å². The number of aryl methyl sites for hydroxylation is 1. The molecule has 3 rings (SSSR count). The number of amides is 1. The van der Waals surface area contributed by atoms with Crippen LogP contribution in [0, 0.1) is 18.3 Å². The van der Waals surface area contributed by atoms with Crippen molar-refractivity contribution in [3.05, 3.63) is 59.2 Å². The Hall–Kier alpha value is -1.67. The van der Waals surface area contributed by atoms with Gasteiger partial charge in [-0.3, -0.25) is 4.79 Å². The number of carbonyl (C=O) groups is 2. The summed E-state index contributed by atoms with van der Waals surface area (Å²) in [5, 5.41) is 12.5. The number of rotatable bonds is 14. The van der Waals surface area contributed by atoms with Crippen LogP contribution in [0.25, 0.3) is 11.1 Å². The molecule has 0 bridgehead atoms. The second-order valence-electron chi connectivity index (χ2n) is 12.1. The molecule has 1 aliphatic carbocycles. The van der Waals surface area contributed by atoms with Gasteiger partial charge < -0.3 is 11.8 Å². The van der Waals surface area contributed by atoms with Gasteiger partial charge in [-0.2, -0.15) is 11.8 Å². The molecule has 0 radical (unpaired) electrons. The molecule has 0 aliphatic heterocycles. The van der Waals surface area contributed by atoms with Crippen molar-refractivity contribution >= 4 is 23.6 Å². The Labute approximate surface area is 260 Å². The van der Waals surface area contributed by atoms with Gasteiger partial charge in [-0.25, -0.2) is 4.79 Å². The molecule has 1 unspecified atom stereocenters. The number of hydrogen-bond acceptors (Lipinski definition) is 3. The monoisotopic (exact) mass is 559 g/mol. The fraction of sp³-hybridized carbons (Fsp3) is 0.588. The van der Waals surface area contributed by atoms with Crippen LogP contribution in [0.5, 0.6) is 0 Å². The number of hydrogen-bond donors (Lipinski definition) is 2. The normalized spacial score (nSPS) is 15.6. The Balaban J connectivity index is 0.00000420. The minimum absolute atomic E-state index is 0. The first-order valence-corrected chi connectivity index (χ1v) is 16.3. The van der Waals surface area contributed by atoms with Gasteiger partial charge in [-0.05, 0) is 83.8 Å². The second-order valence-corrected chi connectivity index (χ2v) is 13.1. The van der Waals surface area contributed by atoms with Gasteiger partial charge in [0, 0.05) is 5.56 Å². The smallest absolute Gasteiger partial charge is 1.00 e. The Kier molecular flexibility index (Phi) is 14.4. The van der Waals surface area contributed by atoms with E-state index >= 15 is 0 Å². The van der Waals surface area contributed by atoms with Gasteiger partial charge in [-0.1, -0.05) is 102 Å². The maximum atomic E-state index is 13.5. The minimum Gasteiger partial charge on any atom is -1.00 e. The number of benzene rings is 2.